The Morgan fingerprint density at radius 1 is 0.389 bits per heavy atom. The monoisotopic (exact) mass is 1260 g/mol. The molecule has 1 amide bonds. The number of aliphatic hydroxyl groups excluding tert-OH is 5. The maximum absolute atomic E-state index is 13.2. The average Bonchev–Trinajstić information content (AvgIpc) is 1.28. The number of nitrogens with one attached hydrogen (secondary N) is 1. The maximum atomic E-state index is 13.2. The van der Waals surface area contributed by atoms with Gasteiger partial charge in [-0.15, -0.1) is 0 Å². The highest BCUT2D eigenvalue weighted by molar-refractivity contribution is 5.76. The van der Waals surface area contributed by atoms with E-state index in [1.165, 1.54) is 218 Å². The van der Waals surface area contributed by atoms with Crippen LogP contribution < -0.4 is 5.32 Å². The number of hydrogen-bond acceptors (Lipinski definition) is 8. The van der Waals surface area contributed by atoms with E-state index in [0.717, 1.165) is 96.3 Å². The fourth-order valence-corrected chi connectivity index (χ4v) is 11.7. The van der Waals surface area contributed by atoms with Crippen molar-refractivity contribution in [3.63, 3.8) is 0 Å². The summed E-state index contributed by atoms with van der Waals surface area (Å²) < 4.78 is 11.4. The largest absolute Gasteiger partial charge is 0.394 e. The summed E-state index contributed by atoms with van der Waals surface area (Å²) in [5, 5.41) is 55.0. The Bertz CT molecular complexity index is 1800. The van der Waals surface area contributed by atoms with Crippen LogP contribution in [0.4, 0.5) is 0 Å². The molecule has 9 heteroatoms. The van der Waals surface area contributed by atoms with Crippen LogP contribution in [-0.2, 0) is 14.3 Å². The van der Waals surface area contributed by atoms with Crippen LogP contribution in [0, 0.1) is 0 Å². The van der Waals surface area contributed by atoms with Crippen molar-refractivity contribution in [2.75, 3.05) is 13.2 Å². The molecule has 0 saturated carbocycles. The smallest absolute Gasteiger partial charge is 0.220 e. The number of carbonyl (C=O) groups excluding carboxylic acids is 1. The fraction of sp³-hybridized carbons (Fsp3) is 0.765. The van der Waals surface area contributed by atoms with E-state index in [-0.39, 0.29) is 12.5 Å². The Balaban J connectivity index is 2.09. The van der Waals surface area contributed by atoms with Crippen LogP contribution in [0.3, 0.4) is 0 Å². The van der Waals surface area contributed by atoms with E-state index in [2.05, 4.69) is 129 Å². The molecule has 0 aromatic heterocycles. The van der Waals surface area contributed by atoms with Gasteiger partial charge in [-0.1, -0.05) is 361 Å². The van der Waals surface area contributed by atoms with Gasteiger partial charge >= 0.3 is 0 Å². The normalized spacial score (nSPS) is 18.4. The number of amides is 1. The van der Waals surface area contributed by atoms with Crippen molar-refractivity contribution in [2.24, 2.45) is 0 Å². The van der Waals surface area contributed by atoms with E-state index in [4.69, 9.17) is 9.47 Å². The van der Waals surface area contributed by atoms with Gasteiger partial charge in [-0.25, -0.2) is 0 Å². The first kappa shape index (κ1) is 84.9. The van der Waals surface area contributed by atoms with E-state index >= 15 is 0 Å². The first-order valence-corrected chi connectivity index (χ1v) is 38.1. The summed E-state index contributed by atoms with van der Waals surface area (Å²) in [6, 6.07) is -0.727. The maximum Gasteiger partial charge on any atom is 0.220 e. The SMILES string of the molecule is CC/C=C\C/C=C\C/C=C\C/C=C\C/C=C\C/C=C\C/C=C\C/C=C\C/C=C\CCCCCCCCCCCCCCCC(=O)NC(COC1OC(CO)C(O)C(O)C1O)C(O)CCCCCCCCCCCCCCCCCCCCCCCCCCCC. The molecule has 1 aliphatic heterocycles. The Labute approximate surface area is 555 Å². The Hall–Kier alpha value is -3.15. The zero-order valence-corrected chi connectivity index (χ0v) is 58.4. The third kappa shape index (κ3) is 56.4. The number of ether oxygens (including phenoxy) is 2. The van der Waals surface area contributed by atoms with Crippen LogP contribution in [0.1, 0.15) is 341 Å². The molecule has 0 bridgehead atoms. The summed E-state index contributed by atoms with van der Waals surface area (Å²) in [5.41, 5.74) is 0. The number of rotatable bonds is 66. The van der Waals surface area contributed by atoms with Crippen LogP contribution in [0.2, 0.25) is 0 Å². The molecule has 0 radical (unpaired) electrons. The Kier molecular flexibility index (Phi) is 64.8. The summed E-state index contributed by atoms with van der Waals surface area (Å²) >= 11 is 0. The molecule has 90 heavy (non-hydrogen) atoms. The van der Waals surface area contributed by atoms with Crippen molar-refractivity contribution < 1.29 is 39.8 Å². The first-order valence-electron chi connectivity index (χ1n) is 38.1. The molecule has 9 nitrogen and oxygen atoms in total. The molecular weight excluding hydrogens is 1110 g/mol. The van der Waals surface area contributed by atoms with Gasteiger partial charge in [0, 0.05) is 6.42 Å². The lowest BCUT2D eigenvalue weighted by atomic mass is 9.99. The third-order valence-corrected chi connectivity index (χ3v) is 17.6. The van der Waals surface area contributed by atoms with Crippen LogP contribution >= 0.6 is 0 Å². The second-order valence-corrected chi connectivity index (χ2v) is 26.1. The van der Waals surface area contributed by atoms with E-state index in [1.54, 1.807) is 0 Å². The standard InChI is InChI=1S/C81H143NO8/c1-3-5-7-9-11-13-15-17-19-21-23-25-27-29-31-32-33-34-35-36-37-38-39-40-41-42-43-44-45-47-49-51-53-55-57-59-61-63-65-67-69-71-77(85)82-74(73-89-81-80(88)79(87)78(86)76(72-83)90-81)75(84)70-68-66-64-62-60-58-56-54-52-50-48-46-30-28-26-24-22-20-18-16-14-12-10-8-6-4-2/h5,7,11,13,17,19,23,25,29,31,33-34,36-37,39-40,42-43,74-76,78-81,83-84,86-88H,3-4,6,8-10,12,14-16,18,20-22,24,26-28,30,32,35,38,41,44-73H2,1-2H3,(H,82,85)/b7-5-,13-11-,19-17-,25-23-,31-29-,34-33-,37-36-,40-39-,43-42-. The summed E-state index contributed by atoms with van der Waals surface area (Å²) in [7, 11) is 0. The zero-order valence-electron chi connectivity index (χ0n) is 58.4. The fourth-order valence-electron chi connectivity index (χ4n) is 11.7. The second kappa shape index (κ2) is 68.7. The molecule has 0 aliphatic carbocycles. The lowest BCUT2D eigenvalue weighted by molar-refractivity contribution is -0.302. The molecule has 520 valence electrons. The molecule has 1 saturated heterocycles. The van der Waals surface area contributed by atoms with Crippen molar-refractivity contribution in [2.45, 2.75) is 384 Å². The van der Waals surface area contributed by atoms with E-state index in [0.29, 0.717) is 12.8 Å². The van der Waals surface area contributed by atoms with Crippen molar-refractivity contribution in [1.82, 2.24) is 5.32 Å². The minimum atomic E-state index is -1.56. The molecule has 0 aromatic carbocycles. The van der Waals surface area contributed by atoms with Gasteiger partial charge in [-0.2, -0.15) is 0 Å². The molecule has 0 spiro atoms. The van der Waals surface area contributed by atoms with Gasteiger partial charge in [0.1, 0.15) is 24.4 Å². The lowest BCUT2D eigenvalue weighted by Crippen LogP contribution is -2.60. The summed E-state index contributed by atoms with van der Waals surface area (Å²) in [5.74, 6) is -0.144. The van der Waals surface area contributed by atoms with E-state index < -0.39 is 49.5 Å². The molecule has 1 fully saturated rings. The molecule has 7 unspecified atom stereocenters. The minimum absolute atomic E-state index is 0.140. The average molecular weight is 1260 g/mol. The van der Waals surface area contributed by atoms with Crippen molar-refractivity contribution in [3.8, 4) is 0 Å². The van der Waals surface area contributed by atoms with E-state index in [9.17, 15) is 30.3 Å². The van der Waals surface area contributed by atoms with Crippen molar-refractivity contribution >= 4 is 5.91 Å². The number of unbranched alkanes of at least 4 members (excludes halogenated alkanes) is 38. The molecule has 0 aromatic rings. The Morgan fingerprint density at radius 3 is 1.02 bits per heavy atom. The molecular formula is C81H143NO8. The first-order chi connectivity index (χ1) is 44.3. The lowest BCUT2D eigenvalue weighted by Gasteiger charge is -2.40. The van der Waals surface area contributed by atoms with Gasteiger partial charge in [-0.3, -0.25) is 4.79 Å². The molecule has 6 N–H and O–H groups in total. The Morgan fingerprint density at radius 2 is 0.689 bits per heavy atom. The number of carbonyl (C=O) groups is 1. The number of allylic oxidation sites excluding steroid dienone is 18. The van der Waals surface area contributed by atoms with Crippen LogP contribution in [0.25, 0.3) is 0 Å². The molecule has 1 rings (SSSR count). The van der Waals surface area contributed by atoms with Gasteiger partial charge in [0.2, 0.25) is 5.91 Å². The highest BCUT2D eigenvalue weighted by Gasteiger charge is 2.44. The predicted octanol–water partition coefficient (Wildman–Crippen LogP) is 21.6. The molecule has 7 atom stereocenters. The highest BCUT2D eigenvalue weighted by Crippen LogP contribution is 2.24. The summed E-state index contributed by atoms with van der Waals surface area (Å²) in [6.45, 7) is 3.76. The van der Waals surface area contributed by atoms with Crippen LogP contribution in [0.5, 0.6) is 0 Å². The van der Waals surface area contributed by atoms with Gasteiger partial charge in [0.05, 0.1) is 25.4 Å². The van der Waals surface area contributed by atoms with Crippen molar-refractivity contribution in [1.29, 1.82) is 0 Å². The van der Waals surface area contributed by atoms with Gasteiger partial charge < -0.3 is 40.3 Å². The van der Waals surface area contributed by atoms with Gasteiger partial charge in [0.25, 0.3) is 0 Å². The topological polar surface area (TPSA) is 149 Å². The molecule has 1 aliphatic rings. The quantitative estimate of drug-likeness (QED) is 0.0261. The number of aliphatic hydroxyl groups is 5. The third-order valence-electron chi connectivity index (χ3n) is 17.6. The second-order valence-electron chi connectivity index (χ2n) is 26.1. The summed E-state index contributed by atoms with van der Waals surface area (Å²) in [6.07, 6.45) is 94.5. The van der Waals surface area contributed by atoms with Gasteiger partial charge in [0.15, 0.2) is 6.29 Å². The molecule has 1 heterocycles. The van der Waals surface area contributed by atoms with Gasteiger partial charge in [-0.05, 0) is 83.5 Å². The predicted molar refractivity (Wildman–Crippen MR) is 387 cm³/mol. The van der Waals surface area contributed by atoms with Crippen LogP contribution in [0.15, 0.2) is 109 Å². The zero-order chi connectivity index (χ0) is 64.9. The number of hydrogen-bond donors (Lipinski definition) is 6. The van der Waals surface area contributed by atoms with Crippen LogP contribution in [-0.4, -0.2) is 87.5 Å². The highest BCUT2D eigenvalue weighted by atomic mass is 16.7. The van der Waals surface area contributed by atoms with Crippen molar-refractivity contribution in [3.05, 3.63) is 109 Å². The summed E-state index contributed by atoms with van der Waals surface area (Å²) in [4.78, 5) is 13.2. The minimum Gasteiger partial charge on any atom is -0.394 e. The van der Waals surface area contributed by atoms with E-state index in [1.807, 2.05) is 0 Å².